The maximum Gasteiger partial charge on any atom is -0.00187 e. The van der Waals surface area contributed by atoms with Crippen molar-refractivity contribution >= 4 is 0 Å². The molecule has 152 valence electrons. The van der Waals surface area contributed by atoms with Crippen molar-refractivity contribution in [1.29, 1.82) is 0 Å². The first-order valence-corrected chi connectivity index (χ1v) is 12.1. The van der Waals surface area contributed by atoms with Gasteiger partial charge in [0.15, 0.2) is 0 Å². The van der Waals surface area contributed by atoms with E-state index < -0.39 is 0 Å². The van der Waals surface area contributed by atoms with E-state index in [1.807, 2.05) is 0 Å². The number of nitrogens with zero attached hydrogens (tertiary/aromatic N) is 1. The lowest BCUT2D eigenvalue weighted by atomic mass is 10.1. The smallest absolute Gasteiger partial charge is 0.00187 e. The molecule has 0 aromatic heterocycles. The van der Waals surface area contributed by atoms with E-state index in [4.69, 9.17) is 0 Å². The molecular formula is C24H51N. The first kappa shape index (κ1) is 25.0. The van der Waals surface area contributed by atoms with Crippen LogP contribution in [0.15, 0.2) is 0 Å². The van der Waals surface area contributed by atoms with Crippen LogP contribution in [0.2, 0.25) is 0 Å². The predicted octanol–water partition coefficient (Wildman–Crippen LogP) is 8.37. The minimum atomic E-state index is 1.34. The van der Waals surface area contributed by atoms with Gasteiger partial charge in [-0.1, -0.05) is 117 Å². The van der Waals surface area contributed by atoms with Gasteiger partial charge in [0.25, 0.3) is 0 Å². The summed E-state index contributed by atoms with van der Waals surface area (Å²) in [5.41, 5.74) is 0. The van der Waals surface area contributed by atoms with Crippen LogP contribution in [0.1, 0.15) is 136 Å². The highest BCUT2D eigenvalue weighted by Crippen LogP contribution is 2.12. The van der Waals surface area contributed by atoms with Crippen molar-refractivity contribution in [3.63, 3.8) is 0 Å². The summed E-state index contributed by atoms with van der Waals surface area (Å²) in [4.78, 5) is 2.76. The second kappa shape index (κ2) is 22.0. The first-order valence-electron chi connectivity index (χ1n) is 12.1. The van der Waals surface area contributed by atoms with Gasteiger partial charge in [0.1, 0.15) is 0 Å². The Morgan fingerprint density at radius 1 is 0.320 bits per heavy atom. The Morgan fingerprint density at radius 3 is 0.960 bits per heavy atom. The lowest BCUT2D eigenvalue weighted by Gasteiger charge is -2.22. The normalized spacial score (nSPS) is 11.5. The van der Waals surface area contributed by atoms with E-state index in [0.29, 0.717) is 0 Å². The fourth-order valence-corrected chi connectivity index (χ4v) is 3.66. The third kappa shape index (κ3) is 20.1. The summed E-state index contributed by atoms with van der Waals surface area (Å²) in [6.45, 7) is 11.0. The molecule has 25 heavy (non-hydrogen) atoms. The second-order valence-electron chi connectivity index (χ2n) is 8.14. The minimum absolute atomic E-state index is 1.34. The van der Waals surface area contributed by atoms with Crippen LogP contribution in [-0.4, -0.2) is 24.5 Å². The molecule has 0 N–H and O–H groups in total. The van der Waals surface area contributed by atoms with Gasteiger partial charge in [-0.3, -0.25) is 0 Å². The SMILES string of the molecule is CCCCCCCCCCCCN(CCCC)CCCCCCCC. The van der Waals surface area contributed by atoms with E-state index in [-0.39, 0.29) is 0 Å². The van der Waals surface area contributed by atoms with E-state index >= 15 is 0 Å². The van der Waals surface area contributed by atoms with Gasteiger partial charge in [0, 0.05) is 0 Å². The first-order chi connectivity index (χ1) is 12.3. The standard InChI is InChI=1S/C24H51N/c1-4-7-10-12-14-15-16-17-19-21-24-25(22-9-6-3)23-20-18-13-11-8-5-2/h4-24H2,1-3H3. The zero-order valence-corrected chi connectivity index (χ0v) is 18.3. The van der Waals surface area contributed by atoms with E-state index in [9.17, 15) is 0 Å². The monoisotopic (exact) mass is 353 g/mol. The third-order valence-electron chi connectivity index (χ3n) is 5.48. The quantitative estimate of drug-likeness (QED) is 0.187. The lowest BCUT2D eigenvalue weighted by Crippen LogP contribution is -2.27. The molecule has 0 atom stereocenters. The maximum atomic E-state index is 2.76. The Bertz CT molecular complexity index is 226. The van der Waals surface area contributed by atoms with Crippen LogP contribution >= 0.6 is 0 Å². The van der Waals surface area contributed by atoms with Gasteiger partial charge in [-0.05, 0) is 38.9 Å². The van der Waals surface area contributed by atoms with Crippen LogP contribution in [0, 0.1) is 0 Å². The molecule has 0 amide bonds. The fraction of sp³-hybridized carbons (Fsp3) is 1.00. The Hall–Kier alpha value is -0.0400. The molecule has 0 aromatic rings. The van der Waals surface area contributed by atoms with Crippen molar-refractivity contribution in [3.05, 3.63) is 0 Å². The van der Waals surface area contributed by atoms with Gasteiger partial charge in [-0.25, -0.2) is 0 Å². The third-order valence-corrected chi connectivity index (χ3v) is 5.48. The van der Waals surface area contributed by atoms with E-state index in [1.165, 1.54) is 135 Å². The van der Waals surface area contributed by atoms with Crippen LogP contribution in [0.3, 0.4) is 0 Å². The highest BCUT2D eigenvalue weighted by atomic mass is 15.1. The summed E-state index contributed by atoms with van der Waals surface area (Å²) in [6, 6.07) is 0. The van der Waals surface area contributed by atoms with Crippen molar-refractivity contribution in [2.45, 2.75) is 136 Å². The highest BCUT2D eigenvalue weighted by molar-refractivity contribution is 4.59. The number of hydrogen-bond acceptors (Lipinski definition) is 1. The van der Waals surface area contributed by atoms with E-state index in [1.54, 1.807) is 0 Å². The van der Waals surface area contributed by atoms with Gasteiger partial charge in [0.2, 0.25) is 0 Å². The maximum absolute atomic E-state index is 2.76. The number of rotatable bonds is 21. The summed E-state index contributed by atoms with van der Waals surface area (Å²) in [6.07, 6.45) is 25.8. The van der Waals surface area contributed by atoms with Gasteiger partial charge >= 0.3 is 0 Å². The fourth-order valence-electron chi connectivity index (χ4n) is 3.66. The van der Waals surface area contributed by atoms with Crippen LogP contribution < -0.4 is 0 Å². The second-order valence-corrected chi connectivity index (χ2v) is 8.14. The Morgan fingerprint density at radius 2 is 0.600 bits per heavy atom. The minimum Gasteiger partial charge on any atom is -0.303 e. The predicted molar refractivity (Wildman–Crippen MR) is 117 cm³/mol. The van der Waals surface area contributed by atoms with Crippen LogP contribution in [0.4, 0.5) is 0 Å². The van der Waals surface area contributed by atoms with Crippen molar-refractivity contribution in [1.82, 2.24) is 4.90 Å². The van der Waals surface area contributed by atoms with Crippen molar-refractivity contribution < 1.29 is 0 Å². The van der Waals surface area contributed by atoms with Gasteiger partial charge in [-0.2, -0.15) is 0 Å². The lowest BCUT2D eigenvalue weighted by molar-refractivity contribution is 0.256. The molecule has 0 aliphatic heterocycles. The molecule has 0 bridgehead atoms. The zero-order chi connectivity index (χ0) is 18.4. The molecule has 0 radical (unpaired) electrons. The van der Waals surface area contributed by atoms with E-state index in [2.05, 4.69) is 25.7 Å². The van der Waals surface area contributed by atoms with Gasteiger partial charge in [0.05, 0.1) is 0 Å². The van der Waals surface area contributed by atoms with Crippen LogP contribution in [-0.2, 0) is 0 Å². The molecule has 1 nitrogen and oxygen atoms in total. The Balaban J connectivity index is 3.51. The van der Waals surface area contributed by atoms with Crippen molar-refractivity contribution in [2.75, 3.05) is 19.6 Å². The topological polar surface area (TPSA) is 3.24 Å². The molecule has 0 fully saturated rings. The molecule has 0 unspecified atom stereocenters. The summed E-state index contributed by atoms with van der Waals surface area (Å²) >= 11 is 0. The molecule has 0 rings (SSSR count). The van der Waals surface area contributed by atoms with Crippen molar-refractivity contribution in [2.24, 2.45) is 0 Å². The molecule has 0 spiro atoms. The molecule has 1 heteroatoms. The van der Waals surface area contributed by atoms with Gasteiger partial charge in [-0.15, -0.1) is 0 Å². The molecule has 0 saturated carbocycles. The highest BCUT2D eigenvalue weighted by Gasteiger charge is 2.04. The summed E-state index contributed by atoms with van der Waals surface area (Å²) < 4.78 is 0. The largest absolute Gasteiger partial charge is 0.303 e. The molecule has 0 aliphatic carbocycles. The van der Waals surface area contributed by atoms with E-state index in [0.717, 1.165) is 0 Å². The molecule has 0 heterocycles. The van der Waals surface area contributed by atoms with Crippen molar-refractivity contribution in [3.8, 4) is 0 Å². The van der Waals surface area contributed by atoms with Crippen LogP contribution in [0.5, 0.6) is 0 Å². The number of unbranched alkanes of at least 4 members (excludes halogenated alkanes) is 15. The zero-order valence-electron chi connectivity index (χ0n) is 18.3. The Labute approximate surface area is 161 Å². The molecule has 0 aliphatic rings. The summed E-state index contributed by atoms with van der Waals surface area (Å²) in [5, 5.41) is 0. The average molecular weight is 354 g/mol. The number of hydrogen-bond donors (Lipinski definition) is 0. The molecule has 0 saturated heterocycles. The molecule has 0 aromatic carbocycles. The summed E-state index contributed by atoms with van der Waals surface area (Å²) in [5.74, 6) is 0. The van der Waals surface area contributed by atoms with Crippen LogP contribution in [0.25, 0.3) is 0 Å². The molecular weight excluding hydrogens is 302 g/mol. The van der Waals surface area contributed by atoms with Gasteiger partial charge < -0.3 is 4.90 Å². The Kier molecular flexibility index (Phi) is 22.0. The summed E-state index contributed by atoms with van der Waals surface area (Å²) in [7, 11) is 0. The average Bonchev–Trinajstić information content (AvgIpc) is 2.63.